The topological polar surface area (TPSA) is 33.1 Å². The van der Waals surface area contributed by atoms with Crippen molar-refractivity contribution in [2.45, 2.75) is 38.8 Å². The van der Waals surface area contributed by atoms with E-state index in [-0.39, 0.29) is 0 Å². The molecule has 2 atom stereocenters. The number of rotatable bonds is 4. The van der Waals surface area contributed by atoms with Crippen molar-refractivity contribution in [2.75, 3.05) is 20.1 Å². The van der Waals surface area contributed by atoms with Gasteiger partial charge < -0.3 is 10.2 Å². The van der Waals surface area contributed by atoms with Gasteiger partial charge in [0, 0.05) is 30.9 Å². The predicted molar refractivity (Wildman–Crippen MR) is 74.4 cm³/mol. The first kappa shape index (κ1) is 13.6. The molecule has 2 heterocycles. The molecule has 18 heavy (non-hydrogen) atoms. The van der Waals surface area contributed by atoms with E-state index in [9.17, 15) is 0 Å². The Kier molecular flexibility index (Phi) is 4.40. The second kappa shape index (κ2) is 5.85. The van der Waals surface area contributed by atoms with Crippen molar-refractivity contribution in [3.63, 3.8) is 0 Å². The van der Waals surface area contributed by atoms with Crippen molar-refractivity contribution in [1.82, 2.24) is 20.0 Å². The SMILES string of the molecule is CC(NC(C)C1CCN(C)CC1)c1cnn(C)c1. The van der Waals surface area contributed by atoms with Crippen LogP contribution in [0.25, 0.3) is 0 Å². The Hall–Kier alpha value is -0.870. The Bertz CT molecular complexity index is 366. The molecule has 0 radical (unpaired) electrons. The smallest absolute Gasteiger partial charge is 0.0537 e. The van der Waals surface area contributed by atoms with Gasteiger partial charge in [0.25, 0.3) is 0 Å². The predicted octanol–water partition coefficient (Wildman–Crippen LogP) is 1.80. The summed E-state index contributed by atoms with van der Waals surface area (Å²) in [5.41, 5.74) is 1.28. The fraction of sp³-hybridized carbons (Fsp3) is 0.786. The second-order valence-corrected chi connectivity index (χ2v) is 5.77. The first-order valence-corrected chi connectivity index (χ1v) is 6.99. The minimum absolute atomic E-state index is 0.383. The molecule has 0 saturated carbocycles. The first-order valence-electron chi connectivity index (χ1n) is 6.99. The summed E-state index contributed by atoms with van der Waals surface area (Å²) in [6, 6.07) is 0.960. The monoisotopic (exact) mass is 250 g/mol. The quantitative estimate of drug-likeness (QED) is 0.884. The number of nitrogens with zero attached hydrogens (tertiary/aromatic N) is 3. The van der Waals surface area contributed by atoms with E-state index in [1.807, 2.05) is 17.9 Å². The van der Waals surface area contributed by atoms with Gasteiger partial charge in [0.2, 0.25) is 0 Å². The summed E-state index contributed by atoms with van der Waals surface area (Å²) in [5.74, 6) is 0.806. The van der Waals surface area contributed by atoms with Gasteiger partial charge in [-0.1, -0.05) is 0 Å². The highest BCUT2D eigenvalue weighted by Crippen LogP contribution is 2.22. The Morgan fingerprint density at radius 3 is 2.50 bits per heavy atom. The van der Waals surface area contributed by atoms with Crippen LogP contribution in [0.4, 0.5) is 0 Å². The Labute approximate surface area is 110 Å². The van der Waals surface area contributed by atoms with Gasteiger partial charge in [-0.15, -0.1) is 0 Å². The summed E-state index contributed by atoms with van der Waals surface area (Å²) < 4.78 is 1.87. The highest BCUT2D eigenvalue weighted by molar-refractivity contribution is 5.09. The molecule has 0 aromatic carbocycles. The maximum Gasteiger partial charge on any atom is 0.0537 e. The van der Waals surface area contributed by atoms with E-state index in [1.165, 1.54) is 31.5 Å². The molecule has 1 aliphatic rings. The average molecular weight is 250 g/mol. The van der Waals surface area contributed by atoms with E-state index in [4.69, 9.17) is 0 Å². The molecular formula is C14H26N4. The van der Waals surface area contributed by atoms with Crippen LogP contribution in [0.5, 0.6) is 0 Å². The van der Waals surface area contributed by atoms with Crippen LogP contribution < -0.4 is 5.32 Å². The zero-order valence-corrected chi connectivity index (χ0v) is 12.1. The van der Waals surface area contributed by atoms with Crippen molar-refractivity contribution in [3.05, 3.63) is 18.0 Å². The molecule has 102 valence electrons. The van der Waals surface area contributed by atoms with Gasteiger partial charge in [-0.2, -0.15) is 5.10 Å². The molecule has 1 saturated heterocycles. The maximum atomic E-state index is 4.24. The molecule has 2 rings (SSSR count). The van der Waals surface area contributed by atoms with Crippen molar-refractivity contribution in [2.24, 2.45) is 13.0 Å². The standard InChI is InChI=1S/C14H26N4/c1-11(13-5-7-17(3)8-6-13)16-12(2)14-9-15-18(4)10-14/h9-13,16H,5-8H2,1-4H3. The molecule has 1 aromatic rings. The lowest BCUT2D eigenvalue weighted by molar-refractivity contribution is 0.185. The van der Waals surface area contributed by atoms with Crippen LogP contribution in [-0.2, 0) is 7.05 Å². The van der Waals surface area contributed by atoms with Gasteiger partial charge >= 0.3 is 0 Å². The van der Waals surface area contributed by atoms with Crippen LogP contribution in [0, 0.1) is 5.92 Å². The van der Waals surface area contributed by atoms with Gasteiger partial charge in [0.1, 0.15) is 0 Å². The molecule has 0 spiro atoms. The number of aromatic nitrogens is 2. The number of piperidine rings is 1. The summed E-state index contributed by atoms with van der Waals surface area (Å²) in [5, 5.41) is 7.96. The normalized spacial score (nSPS) is 22.0. The summed E-state index contributed by atoms with van der Waals surface area (Å²) in [6.07, 6.45) is 6.67. The molecule has 1 fully saturated rings. The van der Waals surface area contributed by atoms with Crippen molar-refractivity contribution in [3.8, 4) is 0 Å². The molecule has 1 aromatic heterocycles. The van der Waals surface area contributed by atoms with Crippen molar-refractivity contribution in [1.29, 1.82) is 0 Å². The molecular weight excluding hydrogens is 224 g/mol. The Morgan fingerprint density at radius 1 is 1.28 bits per heavy atom. The minimum atomic E-state index is 0.383. The number of hydrogen-bond donors (Lipinski definition) is 1. The van der Waals surface area contributed by atoms with Crippen LogP contribution in [0.15, 0.2) is 12.4 Å². The third-order valence-electron chi connectivity index (χ3n) is 4.21. The third-order valence-corrected chi connectivity index (χ3v) is 4.21. The van der Waals surface area contributed by atoms with Crippen LogP contribution >= 0.6 is 0 Å². The zero-order valence-electron chi connectivity index (χ0n) is 12.1. The van der Waals surface area contributed by atoms with Gasteiger partial charge in [-0.3, -0.25) is 4.68 Å². The highest BCUT2D eigenvalue weighted by Gasteiger charge is 2.23. The van der Waals surface area contributed by atoms with E-state index in [0.717, 1.165) is 5.92 Å². The average Bonchev–Trinajstić information content (AvgIpc) is 2.76. The van der Waals surface area contributed by atoms with Crippen LogP contribution in [0.3, 0.4) is 0 Å². The van der Waals surface area contributed by atoms with E-state index >= 15 is 0 Å². The largest absolute Gasteiger partial charge is 0.307 e. The van der Waals surface area contributed by atoms with E-state index < -0.39 is 0 Å². The molecule has 1 N–H and O–H groups in total. The van der Waals surface area contributed by atoms with E-state index in [1.54, 1.807) is 0 Å². The van der Waals surface area contributed by atoms with Gasteiger partial charge in [-0.25, -0.2) is 0 Å². The summed E-state index contributed by atoms with van der Waals surface area (Å²) >= 11 is 0. The van der Waals surface area contributed by atoms with E-state index in [2.05, 4.69) is 42.4 Å². The lowest BCUT2D eigenvalue weighted by Gasteiger charge is -2.34. The second-order valence-electron chi connectivity index (χ2n) is 5.77. The Morgan fingerprint density at radius 2 is 1.94 bits per heavy atom. The zero-order chi connectivity index (χ0) is 13.1. The van der Waals surface area contributed by atoms with Gasteiger partial charge in [0.05, 0.1) is 6.20 Å². The molecule has 1 aliphatic heterocycles. The summed E-state index contributed by atoms with van der Waals surface area (Å²) in [7, 11) is 4.18. The summed E-state index contributed by atoms with van der Waals surface area (Å²) in [6.45, 7) is 7.02. The third kappa shape index (κ3) is 3.33. The first-order chi connectivity index (χ1) is 8.56. The van der Waals surface area contributed by atoms with Crippen LogP contribution in [0.2, 0.25) is 0 Å². The molecule has 0 aliphatic carbocycles. The molecule has 4 nitrogen and oxygen atoms in total. The fourth-order valence-electron chi connectivity index (χ4n) is 2.82. The molecule has 4 heteroatoms. The van der Waals surface area contributed by atoms with Gasteiger partial charge in [0.15, 0.2) is 0 Å². The lowest BCUT2D eigenvalue weighted by atomic mass is 9.90. The number of aryl methyl sites for hydroxylation is 1. The Balaban J connectivity index is 1.85. The minimum Gasteiger partial charge on any atom is -0.307 e. The molecule has 2 unspecified atom stereocenters. The van der Waals surface area contributed by atoms with Crippen LogP contribution in [-0.4, -0.2) is 40.9 Å². The molecule has 0 amide bonds. The number of nitrogens with one attached hydrogen (secondary N) is 1. The maximum absolute atomic E-state index is 4.24. The summed E-state index contributed by atoms with van der Waals surface area (Å²) in [4.78, 5) is 2.42. The number of hydrogen-bond acceptors (Lipinski definition) is 3. The van der Waals surface area contributed by atoms with Gasteiger partial charge in [-0.05, 0) is 52.7 Å². The van der Waals surface area contributed by atoms with Crippen molar-refractivity contribution < 1.29 is 0 Å². The fourth-order valence-corrected chi connectivity index (χ4v) is 2.82. The lowest BCUT2D eigenvalue weighted by Crippen LogP contribution is -2.41. The highest BCUT2D eigenvalue weighted by atomic mass is 15.2. The van der Waals surface area contributed by atoms with E-state index in [0.29, 0.717) is 12.1 Å². The van der Waals surface area contributed by atoms with Crippen molar-refractivity contribution >= 4 is 0 Å². The number of likely N-dealkylation sites (tertiary alicyclic amines) is 1. The molecule has 0 bridgehead atoms. The van der Waals surface area contributed by atoms with Crippen LogP contribution in [0.1, 0.15) is 38.3 Å².